The van der Waals surface area contributed by atoms with Gasteiger partial charge in [-0.1, -0.05) is 55.4 Å². The molecule has 0 aliphatic carbocycles. The fourth-order valence-electron chi connectivity index (χ4n) is 2.85. The molecule has 3 rings (SSSR count). The van der Waals surface area contributed by atoms with Crippen LogP contribution >= 0.6 is 11.8 Å². The molecule has 0 saturated heterocycles. The van der Waals surface area contributed by atoms with Crippen LogP contribution in [0.1, 0.15) is 31.4 Å². The summed E-state index contributed by atoms with van der Waals surface area (Å²) >= 11 is 1.63. The number of H-pyrrole nitrogens is 1. The number of fused-ring (bicyclic) bond motifs is 1. The molecule has 0 radical (unpaired) electrons. The van der Waals surface area contributed by atoms with Gasteiger partial charge in [-0.3, -0.25) is 14.3 Å². The molecule has 2 aromatic heterocycles. The van der Waals surface area contributed by atoms with Gasteiger partial charge in [0.05, 0.1) is 6.54 Å². The molecule has 0 spiro atoms. The van der Waals surface area contributed by atoms with Crippen molar-refractivity contribution in [3.8, 4) is 0 Å². The van der Waals surface area contributed by atoms with Crippen molar-refractivity contribution in [3.63, 3.8) is 0 Å². The number of nitrogens with one attached hydrogen (secondary N) is 1. The highest BCUT2D eigenvalue weighted by atomic mass is 32.2. The number of hydrogen-bond acceptors (Lipinski definition) is 4. The molecule has 1 aromatic carbocycles. The highest BCUT2D eigenvalue weighted by Crippen LogP contribution is 2.24. The van der Waals surface area contributed by atoms with Crippen molar-refractivity contribution < 1.29 is 0 Å². The van der Waals surface area contributed by atoms with Crippen LogP contribution in [0.2, 0.25) is 0 Å². The van der Waals surface area contributed by atoms with E-state index in [0.29, 0.717) is 23.6 Å². The van der Waals surface area contributed by atoms with Gasteiger partial charge in [0, 0.05) is 12.8 Å². The molecule has 0 amide bonds. The Morgan fingerprint density at radius 2 is 2.04 bits per heavy atom. The van der Waals surface area contributed by atoms with E-state index in [1.165, 1.54) is 10.1 Å². The Morgan fingerprint density at radius 1 is 1.27 bits per heavy atom. The summed E-state index contributed by atoms with van der Waals surface area (Å²) in [5, 5.41) is 0.772. The average molecular weight is 372 g/mol. The van der Waals surface area contributed by atoms with Gasteiger partial charge in [0.1, 0.15) is 0 Å². The zero-order chi connectivity index (χ0) is 18.8. The van der Waals surface area contributed by atoms with Crippen molar-refractivity contribution in [1.82, 2.24) is 19.1 Å². The van der Waals surface area contributed by atoms with Crippen molar-refractivity contribution in [3.05, 3.63) is 56.2 Å². The van der Waals surface area contributed by atoms with Gasteiger partial charge in [-0.15, -0.1) is 0 Å². The van der Waals surface area contributed by atoms with Crippen molar-refractivity contribution in [2.24, 2.45) is 13.0 Å². The molecule has 3 aromatic rings. The standard InChI is InChI=1S/C19H24N4O2S/c1-12(2)8-9-26-19-20-16-15(17(24)21-18(25)22(16)4)23(19)11-14-7-5-6-13(3)10-14/h5-7,10,12H,8-9,11H2,1-4H3,(H,21,24,25). The van der Waals surface area contributed by atoms with Crippen LogP contribution in [0.15, 0.2) is 39.0 Å². The van der Waals surface area contributed by atoms with Crippen molar-refractivity contribution in [2.75, 3.05) is 5.75 Å². The van der Waals surface area contributed by atoms with Crippen LogP contribution in [-0.2, 0) is 13.6 Å². The number of aryl methyl sites for hydroxylation is 2. The van der Waals surface area contributed by atoms with Crippen LogP contribution in [0.3, 0.4) is 0 Å². The largest absolute Gasteiger partial charge is 0.329 e. The lowest BCUT2D eigenvalue weighted by molar-refractivity contribution is 0.630. The maximum atomic E-state index is 12.5. The Kier molecular flexibility index (Phi) is 5.36. The molecule has 138 valence electrons. The first-order valence-corrected chi connectivity index (χ1v) is 9.73. The third-order valence-electron chi connectivity index (χ3n) is 4.32. The summed E-state index contributed by atoms with van der Waals surface area (Å²) < 4.78 is 3.32. The number of aromatic nitrogens is 4. The quantitative estimate of drug-likeness (QED) is 0.675. The molecule has 0 bridgehead atoms. The molecule has 0 saturated carbocycles. The summed E-state index contributed by atoms with van der Waals surface area (Å²) in [5.74, 6) is 1.52. The average Bonchev–Trinajstić information content (AvgIpc) is 2.92. The van der Waals surface area contributed by atoms with E-state index < -0.39 is 5.69 Å². The normalized spacial score (nSPS) is 11.6. The number of imidazole rings is 1. The van der Waals surface area contributed by atoms with Gasteiger partial charge in [0.25, 0.3) is 5.56 Å². The highest BCUT2D eigenvalue weighted by Gasteiger charge is 2.18. The van der Waals surface area contributed by atoms with Crippen LogP contribution in [0.25, 0.3) is 11.2 Å². The molecule has 2 heterocycles. The van der Waals surface area contributed by atoms with Gasteiger partial charge in [-0.05, 0) is 24.8 Å². The van der Waals surface area contributed by atoms with Crippen LogP contribution in [-0.4, -0.2) is 24.9 Å². The Morgan fingerprint density at radius 3 is 2.73 bits per heavy atom. The molecule has 26 heavy (non-hydrogen) atoms. The highest BCUT2D eigenvalue weighted by molar-refractivity contribution is 7.99. The van der Waals surface area contributed by atoms with E-state index in [0.717, 1.165) is 22.9 Å². The molecular weight excluding hydrogens is 348 g/mol. The molecule has 1 N–H and O–H groups in total. The third-order valence-corrected chi connectivity index (χ3v) is 5.33. The maximum Gasteiger partial charge on any atom is 0.329 e. The van der Waals surface area contributed by atoms with E-state index in [-0.39, 0.29) is 5.56 Å². The van der Waals surface area contributed by atoms with E-state index in [1.807, 2.05) is 29.7 Å². The minimum atomic E-state index is -0.443. The van der Waals surface area contributed by atoms with Gasteiger partial charge >= 0.3 is 5.69 Å². The number of hydrogen-bond donors (Lipinski definition) is 1. The van der Waals surface area contributed by atoms with Gasteiger partial charge in [-0.25, -0.2) is 9.78 Å². The van der Waals surface area contributed by atoms with Crippen molar-refractivity contribution in [2.45, 2.75) is 38.9 Å². The maximum absolute atomic E-state index is 12.5. The summed E-state index contributed by atoms with van der Waals surface area (Å²) in [4.78, 5) is 31.4. The minimum Gasteiger partial charge on any atom is -0.309 e. The van der Waals surface area contributed by atoms with E-state index >= 15 is 0 Å². The van der Waals surface area contributed by atoms with E-state index in [4.69, 9.17) is 0 Å². The topological polar surface area (TPSA) is 72.7 Å². The summed E-state index contributed by atoms with van der Waals surface area (Å²) in [6.07, 6.45) is 1.06. The van der Waals surface area contributed by atoms with Gasteiger partial charge in [0.2, 0.25) is 0 Å². The fraction of sp³-hybridized carbons (Fsp3) is 0.421. The molecule has 0 unspecified atom stereocenters. The van der Waals surface area contributed by atoms with Gasteiger partial charge < -0.3 is 4.57 Å². The Labute approximate surface area is 156 Å². The minimum absolute atomic E-state index is 0.390. The second-order valence-electron chi connectivity index (χ2n) is 6.99. The molecular formula is C19H24N4O2S. The number of thioether (sulfide) groups is 1. The first-order chi connectivity index (χ1) is 12.4. The van der Waals surface area contributed by atoms with Crippen molar-refractivity contribution in [1.29, 1.82) is 0 Å². The smallest absolute Gasteiger partial charge is 0.309 e. The second-order valence-corrected chi connectivity index (χ2v) is 8.05. The third kappa shape index (κ3) is 3.77. The monoisotopic (exact) mass is 372 g/mol. The number of nitrogens with zero attached hydrogens (tertiary/aromatic N) is 3. The number of aromatic amines is 1. The Balaban J connectivity index is 2.11. The SMILES string of the molecule is Cc1cccc(Cn2c(SCCC(C)C)nc3c2c(=O)[nH]c(=O)n3C)c1. The summed E-state index contributed by atoms with van der Waals surface area (Å²) in [6, 6.07) is 8.20. The Hall–Kier alpha value is -2.28. The predicted octanol–water partition coefficient (Wildman–Crippen LogP) is 2.92. The zero-order valence-corrected chi connectivity index (χ0v) is 16.4. The number of benzene rings is 1. The van der Waals surface area contributed by atoms with Crippen LogP contribution in [0.4, 0.5) is 0 Å². The van der Waals surface area contributed by atoms with Gasteiger partial charge in [-0.2, -0.15) is 0 Å². The summed E-state index contributed by atoms with van der Waals surface area (Å²) in [7, 11) is 1.63. The first-order valence-electron chi connectivity index (χ1n) is 8.74. The molecule has 7 heteroatoms. The fourth-order valence-corrected chi connectivity index (χ4v) is 4.08. The van der Waals surface area contributed by atoms with Gasteiger partial charge in [0.15, 0.2) is 16.3 Å². The summed E-state index contributed by atoms with van der Waals surface area (Å²) in [6.45, 7) is 6.96. The molecule has 0 atom stereocenters. The zero-order valence-electron chi connectivity index (χ0n) is 15.6. The summed E-state index contributed by atoms with van der Waals surface area (Å²) in [5.41, 5.74) is 2.31. The Bertz CT molecular complexity index is 1050. The predicted molar refractivity (Wildman–Crippen MR) is 106 cm³/mol. The lowest BCUT2D eigenvalue weighted by Crippen LogP contribution is -2.29. The van der Waals surface area contributed by atoms with E-state index in [1.54, 1.807) is 18.8 Å². The first kappa shape index (κ1) is 18.5. The molecule has 0 fully saturated rings. The molecule has 0 aliphatic heterocycles. The molecule has 0 aliphatic rings. The number of rotatable bonds is 6. The lowest BCUT2D eigenvalue weighted by atomic mass is 10.1. The molecule has 6 nitrogen and oxygen atoms in total. The van der Waals surface area contributed by atoms with Crippen molar-refractivity contribution >= 4 is 22.9 Å². The van der Waals surface area contributed by atoms with E-state index in [9.17, 15) is 9.59 Å². The van der Waals surface area contributed by atoms with Crippen LogP contribution in [0, 0.1) is 12.8 Å². The van der Waals surface area contributed by atoms with Crippen LogP contribution < -0.4 is 11.2 Å². The lowest BCUT2D eigenvalue weighted by Gasteiger charge is -2.10. The van der Waals surface area contributed by atoms with Crippen LogP contribution in [0.5, 0.6) is 0 Å². The van der Waals surface area contributed by atoms with E-state index in [2.05, 4.69) is 29.9 Å². The second kappa shape index (κ2) is 7.53.